The van der Waals surface area contributed by atoms with Crippen molar-refractivity contribution < 1.29 is 4.39 Å². The maximum atomic E-state index is 12.0. The molecule has 0 saturated carbocycles. The first-order valence-corrected chi connectivity index (χ1v) is 5.20. The Morgan fingerprint density at radius 2 is 2.36 bits per heavy atom. The van der Waals surface area contributed by atoms with Crippen molar-refractivity contribution in [1.29, 1.82) is 0 Å². The molecule has 76 valence electrons. The lowest BCUT2D eigenvalue weighted by atomic mass is 10.0. The second kappa shape index (κ2) is 4.09. The van der Waals surface area contributed by atoms with Crippen LogP contribution in [0.2, 0.25) is 0 Å². The van der Waals surface area contributed by atoms with Crippen LogP contribution in [-0.2, 0) is 6.42 Å². The highest BCUT2D eigenvalue weighted by atomic mass is 19.1. The van der Waals surface area contributed by atoms with Gasteiger partial charge in [0.2, 0.25) is 0 Å². The van der Waals surface area contributed by atoms with E-state index in [1.54, 1.807) is 0 Å². The fourth-order valence-corrected chi connectivity index (χ4v) is 2.28. The lowest BCUT2D eigenvalue weighted by Crippen LogP contribution is -2.21. The largest absolute Gasteiger partial charge is 0.307 e. The van der Waals surface area contributed by atoms with Gasteiger partial charge in [-0.3, -0.25) is 0 Å². The summed E-state index contributed by atoms with van der Waals surface area (Å²) in [6, 6.07) is 6.77. The molecule has 1 aromatic carbocycles. The summed E-state index contributed by atoms with van der Waals surface area (Å²) in [5.74, 6) is 0. The van der Waals surface area contributed by atoms with Crippen LogP contribution in [-0.4, -0.2) is 13.2 Å². The summed E-state index contributed by atoms with van der Waals surface area (Å²) in [7, 11) is 0. The minimum atomic E-state index is -0.280. The number of hydrogen-bond donors (Lipinski definition) is 1. The van der Waals surface area contributed by atoms with Crippen molar-refractivity contribution in [2.75, 3.05) is 13.2 Å². The van der Waals surface area contributed by atoms with Crippen LogP contribution in [0.15, 0.2) is 18.2 Å². The third kappa shape index (κ3) is 1.67. The SMILES string of the molecule is Cc1cccc2c1CCC2NCCF. The number of benzene rings is 1. The zero-order valence-corrected chi connectivity index (χ0v) is 8.52. The van der Waals surface area contributed by atoms with E-state index in [-0.39, 0.29) is 6.67 Å². The molecule has 2 rings (SSSR count). The monoisotopic (exact) mass is 193 g/mol. The predicted octanol–water partition coefficient (Wildman–Crippen LogP) is 2.54. The Hall–Kier alpha value is -0.890. The minimum absolute atomic E-state index is 0.280. The lowest BCUT2D eigenvalue weighted by molar-refractivity contribution is 0.433. The van der Waals surface area contributed by atoms with Crippen LogP contribution in [0.25, 0.3) is 0 Å². The fraction of sp³-hybridized carbons (Fsp3) is 0.500. The van der Waals surface area contributed by atoms with E-state index >= 15 is 0 Å². The summed E-state index contributed by atoms with van der Waals surface area (Å²) in [6.07, 6.45) is 2.24. The van der Waals surface area contributed by atoms with E-state index in [1.165, 1.54) is 16.7 Å². The highest BCUT2D eigenvalue weighted by Gasteiger charge is 2.22. The maximum Gasteiger partial charge on any atom is 0.102 e. The van der Waals surface area contributed by atoms with Gasteiger partial charge in [0.1, 0.15) is 6.67 Å². The standard InChI is InChI=1S/C12H16FN/c1-9-3-2-4-11-10(9)5-6-12(11)14-8-7-13/h2-4,12,14H,5-8H2,1H3. The van der Waals surface area contributed by atoms with Crippen LogP contribution >= 0.6 is 0 Å². The molecule has 1 nitrogen and oxygen atoms in total. The lowest BCUT2D eigenvalue weighted by Gasteiger charge is -2.12. The van der Waals surface area contributed by atoms with Crippen molar-refractivity contribution in [2.24, 2.45) is 0 Å². The molecule has 0 aromatic heterocycles. The molecule has 2 heteroatoms. The zero-order chi connectivity index (χ0) is 9.97. The van der Waals surface area contributed by atoms with Gasteiger partial charge in [0.15, 0.2) is 0 Å². The summed E-state index contributed by atoms with van der Waals surface area (Å²) >= 11 is 0. The molecule has 0 amide bonds. The number of fused-ring (bicyclic) bond motifs is 1. The summed E-state index contributed by atoms with van der Waals surface area (Å²) < 4.78 is 12.0. The second-order valence-electron chi connectivity index (χ2n) is 3.88. The highest BCUT2D eigenvalue weighted by Crippen LogP contribution is 2.32. The van der Waals surface area contributed by atoms with Gasteiger partial charge in [-0.25, -0.2) is 4.39 Å². The van der Waals surface area contributed by atoms with E-state index < -0.39 is 0 Å². The summed E-state index contributed by atoms with van der Waals surface area (Å²) in [5.41, 5.74) is 4.20. The average molecular weight is 193 g/mol. The van der Waals surface area contributed by atoms with Gasteiger partial charge in [-0.15, -0.1) is 0 Å². The Morgan fingerprint density at radius 1 is 1.50 bits per heavy atom. The molecular weight excluding hydrogens is 177 g/mol. The number of aryl methyl sites for hydroxylation is 1. The van der Waals surface area contributed by atoms with E-state index in [0.29, 0.717) is 12.6 Å². The van der Waals surface area contributed by atoms with Crippen molar-refractivity contribution in [3.63, 3.8) is 0 Å². The number of rotatable bonds is 3. The summed E-state index contributed by atoms with van der Waals surface area (Å²) in [6.45, 7) is 2.34. The van der Waals surface area contributed by atoms with Gasteiger partial charge >= 0.3 is 0 Å². The van der Waals surface area contributed by atoms with Gasteiger partial charge in [0.25, 0.3) is 0 Å². The first kappa shape index (κ1) is 9.66. The van der Waals surface area contributed by atoms with Crippen LogP contribution in [0, 0.1) is 6.92 Å². The first-order valence-electron chi connectivity index (χ1n) is 5.20. The van der Waals surface area contributed by atoms with Crippen LogP contribution < -0.4 is 5.32 Å². The molecular formula is C12H16FN. The smallest absolute Gasteiger partial charge is 0.102 e. The maximum absolute atomic E-state index is 12.0. The minimum Gasteiger partial charge on any atom is -0.307 e. The fourth-order valence-electron chi connectivity index (χ4n) is 2.28. The summed E-state index contributed by atoms with van der Waals surface area (Å²) in [4.78, 5) is 0. The molecule has 0 radical (unpaired) electrons. The Labute approximate surface area is 84.3 Å². The number of alkyl halides is 1. The highest BCUT2D eigenvalue weighted by molar-refractivity contribution is 5.40. The molecule has 0 fully saturated rings. The second-order valence-corrected chi connectivity index (χ2v) is 3.88. The van der Waals surface area contributed by atoms with E-state index in [0.717, 1.165) is 12.8 Å². The third-order valence-electron chi connectivity index (χ3n) is 2.99. The van der Waals surface area contributed by atoms with E-state index in [9.17, 15) is 4.39 Å². The molecule has 0 spiro atoms. The third-order valence-corrected chi connectivity index (χ3v) is 2.99. The average Bonchev–Trinajstić information content (AvgIpc) is 2.60. The van der Waals surface area contributed by atoms with Crippen molar-refractivity contribution >= 4 is 0 Å². The molecule has 1 aliphatic rings. The van der Waals surface area contributed by atoms with Crippen LogP contribution in [0.4, 0.5) is 4.39 Å². The van der Waals surface area contributed by atoms with E-state index in [1.807, 2.05) is 0 Å². The van der Waals surface area contributed by atoms with Gasteiger partial charge in [-0.05, 0) is 36.5 Å². The van der Waals surface area contributed by atoms with Crippen LogP contribution in [0.5, 0.6) is 0 Å². The van der Waals surface area contributed by atoms with Crippen molar-refractivity contribution in [1.82, 2.24) is 5.32 Å². The molecule has 1 atom stereocenters. The summed E-state index contributed by atoms with van der Waals surface area (Å²) in [5, 5.41) is 3.24. The van der Waals surface area contributed by atoms with Gasteiger partial charge in [0.05, 0.1) is 0 Å². The van der Waals surface area contributed by atoms with Gasteiger partial charge in [-0.2, -0.15) is 0 Å². The molecule has 1 aliphatic carbocycles. The predicted molar refractivity (Wildman–Crippen MR) is 56.2 cm³/mol. The molecule has 1 N–H and O–H groups in total. The molecule has 0 heterocycles. The van der Waals surface area contributed by atoms with E-state index in [2.05, 4.69) is 30.4 Å². The quantitative estimate of drug-likeness (QED) is 0.778. The Bertz CT molecular complexity index is 322. The van der Waals surface area contributed by atoms with Crippen LogP contribution in [0.1, 0.15) is 29.2 Å². The van der Waals surface area contributed by atoms with Gasteiger partial charge in [0, 0.05) is 12.6 Å². The number of nitrogens with one attached hydrogen (secondary N) is 1. The number of halogens is 1. The molecule has 0 bridgehead atoms. The Balaban J connectivity index is 2.18. The van der Waals surface area contributed by atoms with Gasteiger partial charge in [-0.1, -0.05) is 18.2 Å². The van der Waals surface area contributed by atoms with Gasteiger partial charge < -0.3 is 5.32 Å². The Kier molecular flexibility index (Phi) is 2.82. The zero-order valence-electron chi connectivity index (χ0n) is 8.52. The molecule has 14 heavy (non-hydrogen) atoms. The van der Waals surface area contributed by atoms with E-state index in [4.69, 9.17) is 0 Å². The molecule has 1 unspecified atom stereocenters. The molecule has 1 aromatic rings. The number of hydrogen-bond acceptors (Lipinski definition) is 1. The topological polar surface area (TPSA) is 12.0 Å². The Morgan fingerprint density at radius 3 is 3.14 bits per heavy atom. The normalized spacial score (nSPS) is 19.7. The first-order chi connectivity index (χ1) is 6.83. The molecule has 0 aliphatic heterocycles. The van der Waals surface area contributed by atoms with Crippen molar-refractivity contribution in [3.05, 3.63) is 34.9 Å². The van der Waals surface area contributed by atoms with Crippen molar-refractivity contribution in [2.45, 2.75) is 25.8 Å². The van der Waals surface area contributed by atoms with Crippen molar-refractivity contribution in [3.8, 4) is 0 Å². The molecule has 0 saturated heterocycles. The van der Waals surface area contributed by atoms with Crippen LogP contribution in [0.3, 0.4) is 0 Å².